The lowest BCUT2D eigenvalue weighted by atomic mass is 9.99. The number of nitrogens with zero attached hydrogens (tertiary/aromatic N) is 2. The number of rotatable bonds is 5. The molecule has 0 bridgehead atoms. The van der Waals surface area contributed by atoms with Gasteiger partial charge in [-0.05, 0) is 51.4 Å². The van der Waals surface area contributed by atoms with Gasteiger partial charge in [-0.1, -0.05) is 18.8 Å². The van der Waals surface area contributed by atoms with Gasteiger partial charge >= 0.3 is 0 Å². The highest BCUT2D eigenvalue weighted by Gasteiger charge is 2.22. The van der Waals surface area contributed by atoms with Gasteiger partial charge in [-0.25, -0.2) is 10.1 Å². The summed E-state index contributed by atoms with van der Waals surface area (Å²) in [6, 6.07) is 1.97. The van der Waals surface area contributed by atoms with E-state index in [1.807, 2.05) is 26.0 Å². The Bertz CT molecular complexity index is 819. The molecule has 1 fully saturated rings. The number of amides is 1. The fourth-order valence-electron chi connectivity index (χ4n) is 3.27. The van der Waals surface area contributed by atoms with Gasteiger partial charge in [0, 0.05) is 24.5 Å². The average molecular weight is 401 g/mol. The molecule has 1 aromatic heterocycles. The van der Waals surface area contributed by atoms with Crippen molar-refractivity contribution in [2.75, 3.05) is 26.2 Å². The van der Waals surface area contributed by atoms with Crippen molar-refractivity contribution in [2.24, 2.45) is 16.6 Å². The summed E-state index contributed by atoms with van der Waals surface area (Å²) in [6.07, 6.45) is 5.22. The quantitative estimate of drug-likeness (QED) is 0.588. The van der Waals surface area contributed by atoms with E-state index in [0.29, 0.717) is 36.9 Å². The Morgan fingerprint density at radius 3 is 2.93 bits per heavy atom. The van der Waals surface area contributed by atoms with E-state index in [1.165, 1.54) is 5.06 Å². The molecule has 1 aromatic rings. The van der Waals surface area contributed by atoms with E-state index in [4.69, 9.17) is 10.6 Å². The predicted molar refractivity (Wildman–Crippen MR) is 114 cm³/mol. The number of piperidine rings is 1. The molecular formula is C21H28N4O2S. The highest BCUT2D eigenvalue weighted by atomic mass is 32.1. The molecule has 0 aromatic carbocycles. The number of hydrogen-bond donors (Lipinski definition) is 2. The fraction of sp³-hybridized carbons (Fsp3) is 0.524. The maximum absolute atomic E-state index is 12.9. The molecule has 3 heterocycles. The third kappa shape index (κ3) is 5.22. The van der Waals surface area contributed by atoms with Gasteiger partial charge in [-0.2, -0.15) is 0 Å². The lowest BCUT2D eigenvalue weighted by Gasteiger charge is -2.21. The van der Waals surface area contributed by atoms with Crippen LogP contribution in [-0.2, 0) is 9.63 Å². The molecule has 0 atom stereocenters. The highest BCUT2D eigenvalue weighted by Crippen LogP contribution is 2.34. The van der Waals surface area contributed by atoms with E-state index < -0.39 is 0 Å². The van der Waals surface area contributed by atoms with Gasteiger partial charge in [0.15, 0.2) is 0 Å². The topological polar surface area (TPSA) is 80.0 Å². The number of amidine groups is 1. The Hall–Kier alpha value is -2.14. The van der Waals surface area contributed by atoms with Crippen LogP contribution in [0.25, 0.3) is 6.08 Å². The normalized spacial score (nSPS) is 16.9. The van der Waals surface area contributed by atoms with Crippen molar-refractivity contribution in [3.63, 3.8) is 0 Å². The van der Waals surface area contributed by atoms with E-state index in [0.717, 1.165) is 47.8 Å². The van der Waals surface area contributed by atoms with E-state index in [9.17, 15) is 4.79 Å². The van der Waals surface area contributed by atoms with Crippen LogP contribution in [0.15, 0.2) is 16.6 Å². The summed E-state index contributed by atoms with van der Waals surface area (Å²) in [5.41, 5.74) is 7.47. The maximum atomic E-state index is 12.9. The predicted octanol–water partition coefficient (Wildman–Crippen LogP) is 3.07. The van der Waals surface area contributed by atoms with E-state index >= 15 is 0 Å². The summed E-state index contributed by atoms with van der Waals surface area (Å²) >= 11 is 1.56. The van der Waals surface area contributed by atoms with Gasteiger partial charge in [-0.3, -0.25) is 9.63 Å². The van der Waals surface area contributed by atoms with Crippen LogP contribution in [0.3, 0.4) is 0 Å². The molecule has 6 nitrogen and oxygen atoms in total. The minimum Gasteiger partial charge on any atom is -0.387 e. The van der Waals surface area contributed by atoms with Crippen molar-refractivity contribution < 1.29 is 9.63 Å². The molecule has 0 radical (unpaired) electrons. The van der Waals surface area contributed by atoms with Crippen molar-refractivity contribution in [2.45, 2.75) is 39.5 Å². The Balaban J connectivity index is 1.84. The lowest BCUT2D eigenvalue weighted by Crippen LogP contribution is -2.34. The second-order valence-corrected chi connectivity index (χ2v) is 8.01. The number of aliphatic imine (C=N–C) groups is 1. The number of carbonyl (C=O) groups is 1. The fourth-order valence-corrected chi connectivity index (χ4v) is 4.19. The van der Waals surface area contributed by atoms with Gasteiger partial charge in [0.2, 0.25) is 0 Å². The second kappa shape index (κ2) is 9.87. The number of hydrogen-bond acceptors (Lipinski definition) is 6. The van der Waals surface area contributed by atoms with Gasteiger partial charge in [0.25, 0.3) is 5.91 Å². The minimum absolute atomic E-state index is 0.148. The molecule has 150 valence electrons. The van der Waals surface area contributed by atoms with Crippen LogP contribution in [-0.4, -0.2) is 43.0 Å². The summed E-state index contributed by atoms with van der Waals surface area (Å²) in [4.78, 5) is 24.8. The second-order valence-electron chi connectivity index (χ2n) is 6.93. The molecule has 2 aliphatic heterocycles. The zero-order valence-corrected chi connectivity index (χ0v) is 17.4. The number of hydroxylamine groups is 2. The third-order valence-electron chi connectivity index (χ3n) is 4.63. The highest BCUT2D eigenvalue weighted by molar-refractivity contribution is 7.14. The SMILES string of the molecule is CCCN(OCC)C(=O)C1=Cc2sc(C#CC3CCNCC3)cc2N=C(N)C1. The van der Waals surface area contributed by atoms with Crippen LogP contribution < -0.4 is 11.1 Å². The Morgan fingerprint density at radius 1 is 1.43 bits per heavy atom. The molecule has 3 rings (SSSR count). The smallest absolute Gasteiger partial charge is 0.273 e. The van der Waals surface area contributed by atoms with Crippen molar-refractivity contribution in [1.29, 1.82) is 0 Å². The molecule has 0 saturated carbocycles. The lowest BCUT2D eigenvalue weighted by molar-refractivity contribution is -0.180. The molecule has 28 heavy (non-hydrogen) atoms. The van der Waals surface area contributed by atoms with Crippen molar-refractivity contribution >= 4 is 34.8 Å². The van der Waals surface area contributed by atoms with Gasteiger partial charge < -0.3 is 11.1 Å². The van der Waals surface area contributed by atoms with Crippen LogP contribution in [0.2, 0.25) is 0 Å². The molecule has 3 N–H and O–H groups in total. The zero-order chi connectivity index (χ0) is 19.9. The van der Waals surface area contributed by atoms with Crippen LogP contribution in [0, 0.1) is 17.8 Å². The Labute approximate surface area is 170 Å². The molecular weight excluding hydrogens is 372 g/mol. The Kier molecular flexibility index (Phi) is 7.26. The summed E-state index contributed by atoms with van der Waals surface area (Å²) in [7, 11) is 0. The summed E-state index contributed by atoms with van der Waals surface area (Å²) in [5, 5.41) is 4.78. The van der Waals surface area contributed by atoms with Crippen LogP contribution in [0.4, 0.5) is 5.69 Å². The largest absolute Gasteiger partial charge is 0.387 e. The van der Waals surface area contributed by atoms with Crippen molar-refractivity contribution in [1.82, 2.24) is 10.4 Å². The van der Waals surface area contributed by atoms with E-state index in [2.05, 4.69) is 22.2 Å². The third-order valence-corrected chi connectivity index (χ3v) is 5.62. The zero-order valence-electron chi connectivity index (χ0n) is 16.6. The van der Waals surface area contributed by atoms with Crippen LogP contribution >= 0.6 is 11.3 Å². The average Bonchev–Trinajstić information content (AvgIpc) is 2.99. The summed E-state index contributed by atoms with van der Waals surface area (Å²) in [5.74, 6) is 7.41. The molecule has 0 spiro atoms. The maximum Gasteiger partial charge on any atom is 0.273 e. The molecule has 0 aliphatic carbocycles. The molecule has 1 saturated heterocycles. The van der Waals surface area contributed by atoms with E-state index in [1.54, 1.807) is 11.3 Å². The number of thiophene rings is 1. The minimum atomic E-state index is -0.148. The summed E-state index contributed by atoms with van der Waals surface area (Å²) < 4.78 is 0. The molecule has 2 aliphatic rings. The Morgan fingerprint density at radius 2 is 2.21 bits per heavy atom. The molecule has 1 amide bonds. The van der Waals surface area contributed by atoms with Crippen molar-refractivity contribution in [3.8, 4) is 11.8 Å². The number of nitrogens with two attached hydrogens (primary N) is 1. The van der Waals surface area contributed by atoms with Crippen molar-refractivity contribution in [3.05, 3.63) is 21.4 Å². The first-order chi connectivity index (χ1) is 13.6. The number of fused-ring (bicyclic) bond motifs is 1. The number of nitrogens with one attached hydrogen (secondary N) is 1. The molecule has 0 unspecified atom stereocenters. The van der Waals surface area contributed by atoms with E-state index in [-0.39, 0.29) is 5.91 Å². The first kappa shape index (κ1) is 20.6. The summed E-state index contributed by atoms with van der Waals surface area (Å²) in [6.45, 7) is 6.95. The van der Waals surface area contributed by atoms with Gasteiger partial charge in [0.05, 0.1) is 22.0 Å². The monoisotopic (exact) mass is 400 g/mol. The van der Waals surface area contributed by atoms with Gasteiger partial charge in [-0.15, -0.1) is 11.3 Å². The first-order valence-corrected chi connectivity index (χ1v) is 10.8. The molecule has 7 heteroatoms. The first-order valence-electron chi connectivity index (χ1n) is 9.95. The standard InChI is InChI=1S/C21H28N4O2S/c1-3-11-25(27-4-2)21(26)16-12-19-18(24-20(22)13-16)14-17(28-19)6-5-15-7-9-23-10-8-15/h12,14-15,23H,3-4,7-11,13H2,1-2H3,(H2,22,24). The number of carbonyl (C=O) groups excluding carboxylic acids is 1. The van der Waals surface area contributed by atoms with Crippen LogP contribution in [0.5, 0.6) is 0 Å². The van der Waals surface area contributed by atoms with Crippen LogP contribution in [0.1, 0.15) is 49.3 Å². The van der Waals surface area contributed by atoms with Gasteiger partial charge in [0.1, 0.15) is 5.84 Å².